The van der Waals surface area contributed by atoms with E-state index in [1.165, 1.54) is 11.9 Å². The summed E-state index contributed by atoms with van der Waals surface area (Å²) in [6.45, 7) is 1.91. The smallest absolute Gasteiger partial charge is 0.230 e. The summed E-state index contributed by atoms with van der Waals surface area (Å²) in [6.07, 6.45) is 2.82. The van der Waals surface area contributed by atoms with Crippen LogP contribution in [0.5, 0.6) is 0 Å². The maximum absolute atomic E-state index is 10.1. The van der Waals surface area contributed by atoms with Crippen molar-refractivity contribution in [2.45, 2.75) is 25.6 Å². The van der Waals surface area contributed by atoms with Crippen LogP contribution in [0.15, 0.2) is 54.9 Å². The summed E-state index contributed by atoms with van der Waals surface area (Å²) in [7, 11) is 0. The second-order valence-corrected chi connectivity index (χ2v) is 6.86. The topological polar surface area (TPSA) is 95.0 Å². The predicted molar refractivity (Wildman–Crippen MR) is 109 cm³/mol. The first-order valence-electron chi connectivity index (χ1n) is 9.53. The maximum atomic E-state index is 10.1. The zero-order valence-electron chi connectivity index (χ0n) is 15.6. The number of anilines is 2. The molecule has 4 N–H and O–H groups in total. The molecule has 0 saturated carbocycles. The van der Waals surface area contributed by atoms with Gasteiger partial charge in [-0.15, -0.1) is 0 Å². The highest BCUT2D eigenvalue weighted by Crippen LogP contribution is 2.20. The maximum Gasteiger partial charge on any atom is 0.230 e. The minimum Gasteiger partial charge on any atom is -0.377 e. The number of aliphatic hydroxyl groups is 1. The number of nitrogens with one attached hydrogen (secondary N) is 3. The molecule has 1 atom stereocenters. The number of rotatable bonds is 0. The number of hydrogen-bond donors (Lipinski definition) is 4. The Labute approximate surface area is 164 Å². The largest absolute Gasteiger partial charge is 0.377 e. The molecule has 0 spiro atoms. The van der Waals surface area contributed by atoms with Gasteiger partial charge in [-0.3, -0.25) is 5.32 Å². The lowest BCUT2D eigenvalue weighted by molar-refractivity contribution is 0.135. The fourth-order valence-corrected chi connectivity index (χ4v) is 3.24. The molecule has 1 aliphatic rings. The monoisotopic (exact) mass is 376 g/mol. The van der Waals surface area contributed by atoms with Gasteiger partial charge in [0.1, 0.15) is 12.6 Å². The number of nitrogens with zero attached hydrogens (tertiary/aromatic N) is 3. The van der Waals surface area contributed by atoms with E-state index in [1.54, 1.807) is 0 Å². The molecule has 144 valence electrons. The first kappa shape index (κ1) is 18.5. The summed E-state index contributed by atoms with van der Waals surface area (Å²) >= 11 is 0. The molecular weight excluding hydrogens is 352 g/mol. The average Bonchev–Trinajstić information content (AvgIpc) is 2.71. The molecule has 0 amide bonds. The summed E-state index contributed by atoms with van der Waals surface area (Å²) in [5.41, 5.74) is 4.20. The number of aromatic nitrogens is 3. The van der Waals surface area contributed by atoms with Crippen LogP contribution in [-0.2, 0) is 13.0 Å². The van der Waals surface area contributed by atoms with Crippen molar-refractivity contribution in [2.75, 3.05) is 18.4 Å². The van der Waals surface area contributed by atoms with E-state index in [-0.39, 0.29) is 0 Å². The fourth-order valence-electron chi connectivity index (χ4n) is 3.24. The summed E-state index contributed by atoms with van der Waals surface area (Å²) in [5.74, 6) is 1.16. The van der Waals surface area contributed by atoms with Crippen molar-refractivity contribution in [1.82, 2.24) is 25.6 Å². The van der Waals surface area contributed by atoms with Gasteiger partial charge in [-0.05, 0) is 48.7 Å². The van der Waals surface area contributed by atoms with Gasteiger partial charge in [0.25, 0.3) is 0 Å². The molecule has 6 bridgehead atoms. The van der Waals surface area contributed by atoms with Gasteiger partial charge in [-0.25, -0.2) is 9.97 Å². The Bertz CT molecular complexity index is 932. The molecular formula is C21H24N6O. The van der Waals surface area contributed by atoms with Gasteiger partial charge in [-0.1, -0.05) is 30.3 Å². The van der Waals surface area contributed by atoms with E-state index in [0.717, 1.165) is 36.2 Å². The zero-order valence-corrected chi connectivity index (χ0v) is 15.6. The van der Waals surface area contributed by atoms with Crippen LogP contribution in [0.1, 0.15) is 17.5 Å². The van der Waals surface area contributed by atoms with Crippen molar-refractivity contribution in [3.05, 3.63) is 66.0 Å². The number of aryl methyl sites for hydroxylation is 1. The first-order valence-corrected chi connectivity index (χ1v) is 9.53. The van der Waals surface area contributed by atoms with Crippen molar-refractivity contribution < 1.29 is 5.11 Å². The molecule has 1 aliphatic heterocycles. The van der Waals surface area contributed by atoms with Crippen LogP contribution in [-0.4, -0.2) is 39.4 Å². The molecule has 3 aromatic rings. The van der Waals surface area contributed by atoms with E-state index in [9.17, 15) is 5.11 Å². The molecule has 2 aromatic carbocycles. The van der Waals surface area contributed by atoms with Gasteiger partial charge in [0, 0.05) is 24.3 Å². The lowest BCUT2D eigenvalue weighted by Crippen LogP contribution is -2.38. The summed E-state index contributed by atoms with van der Waals surface area (Å²) in [5, 5.41) is 19.8. The van der Waals surface area contributed by atoms with Gasteiger partial charge in [0.05, 0.1) is 0 Å². The fraction of sp³-hybridized carbons (Fsp3) is 0.286. The Hall–Kier alpha value is -2.87. The molecule has 0 saturated heterocycles. The van der Waals surface area contributed by atoms with Crippen LogP contribution in [0.3, 0.4) is 0 Å². The molecule has 7 heteroatoms. The van der Waals surface area contributed by atoms with Crippen LogP contribution >= 0.6 is 0 Å². The number of fused-ring (bicyclic) bond motifs is 7. The molecule has 4 rings (SSSR count). The summed E-state index contributed by atoms with van der Waals surface area (Å²) in [4.78, 5) is 13.2. The minimum atomic E-state index is -0.566. The third-order valence-corrected chi connectivity index (χ3v) is 4.63. The zero-order chi connectivity index (χ0) is 19.2. The molecule has 0 fully saturated rings. The molecule has 2 heterocycles. The second kappa shape index (κ2) is 8.88. The Balaban J connectivity index is 1.63. The predicted octanol–water partition coefficient (Wildman–Crippen LogP) is 2.23. The van der Waals surface area contributed by atoms with Gasteiger partial charge < -0.3 is 15.7 Å². The molecule has 7 nitrogen and oxygen atoms in total. The van der Waals surface area contributed by atoms with Gasteiger partial charge in [0.2, 0.25) is 5.95 Å². The van der Waals surface area contributed by atoms with Gasteiger partial charge >= 0.3 is 0 Å². The normalized spacial score (nSPS) is 17.8. The SMILES string of the molecule is OC1CNCc2cccc(c2)Nc2ncnc(n2)-c2cccc(c2)CCCN1. The highest BCUT2D eigenvalue weighted by atomic mass is 16.3. The third kappa shape index (κ3) is 4.89. The Morgan fingerprint density at radius 1 is 1.00 bits per heavy atom. The Morgan fingerprint density at radius 2 is 1.89 bits per heavy atom. The second-order valence-electron chi connectivity index (χ2n) is 6.86. The molecule has 1 unspecified atom stereocenters. The van der Waals surface area contributed by atoms with Crippen LogP contribution in [0.2, 0.25) is 0 Å². The lowest BCUT2D eigenvalue weighted by atomic mass is 10.1. The van der Waals surface area contributed by atoms with Crippen molar-refractivity contribution in [3.8, 4) is 11.4 Å². The quantitative estimate of drug-likeness (QED) is 0.478. The van der Waals surface area contributed by atoms with Crippen LogP contribution in [0.4, 0.5) is 11.6 Å². The Kier molecular flexibility index (Phi) is 5.86. The average molecular weight is 376 g/mol. The van der Waals surface area contributed by atoms with Gasteiger partial charge in [0.15, 0.2) is 5.82 Å². The number of benzene rings is 2. The van der Waals surface area contributed by atoms with E-state index in [1.807, 2.05) is 36.4 Å². The van der Waals surface area contributed by atoms with E-state index in [4.69, 9.17) is 0 Å². The van der Waals surface area contributed by atoms with Crippen LogP contribution in [0, 0.1) is 0 Å². The lowest BCUT2D eigenvalue weighted by Gasteiger charge is -2.15. The minimum absolute atomic E-state index is 0.490. The molecule has 0 aliphatic carbocycles. The highest BCUT2D eigenvalue weighted by molar-refractivity contribution is 5.59. The molecule has 28 heavy (non-hydrogen) atoms. The molecule has 1 aromatic heterocycles. The van der Waals surface area contributed by atoms with Crippen molar-refractivity contribution >= 4 is 11.6 Å². The van der Waals surface area contributed by atoms with Crippen molar-refractivity contribution in [2.24, 2.45) is 0 Å². The van der Waals surface area contributed by atoms with Crippen molar-refractivity contribution in [3.63, 3.8) is 0 Å². The standard InChI is InChI=1S/C21H24N6O/c28-19-13-22-12-16-5-2-8-18(11-16)26-21-25-14-24-20(27-21)17-7-1-4-15(10-17)6-3-9-23-19/h1-2,4-5,7-8,10-11,14,19,22-23,28H,3,6,9,12-13H2,(H,24,25,26,27). The number of β-amino-alcohol motifs (C(OH)–C–C–N with tert-alkyl or cyclic N) is 1. The van der Waals surface area contributed by atoms with Gasteiger partial charge in [-0.2, -0.15) is 4.98 Å². The van der Waals surface area contributed by atoms with Crippen LogP contribution in [0.25, 0.3) is 11.4 Å². The van der Waals surface area contributed by atoms with E-state index in [2.05, 4.69) is 43.0 Å². The van der Waals surface area contributed by atoms with E-state index < -0.39 is 6.23 Å². The number of hydrogen-bond acceptors (Lipinski definition) is 7. The first-order chi connectivity index (χ1) is 13.8. The van der Waals surface area contributed by atoms with Crippen LogP contribution < -0.4 is 16.0 Å². The highest BCUT2D eigenvalue weighted by Gasteiger charge is 2.08. The molecule has 0 radical (unpaired) electrons. The summed E-state index contributed by atoms with van der Waals surface area (Å²) in [6, 6.07) is 16.3. The number of aliphatic hydroxyl groups excluding tert-OH is 1. The third-order valence-electron chi connectivity index (χ3n) is 4.63. The van der Waals surface area contributed by atoms with E-state index in [0.29, 0.717) is 24.9 Å². The van der Waals surface area contributed by atoms with E-state index >= 15 is 0 Å². The summed E-state index contributed by atoms with van der Waals surface area (Å²) < 4.78 is 0. The van der Waals surface area contributed by atoms with Crippen molar-refractivity contribution in [1.29, 1.82) is 0 Å². The Morgan fingerprint density at radius 3 is 2.86 bits per heavy atom.